The summed E-state index contributed by atoms with van der Waals surface area (Å²) in [5.41, 5.74) is 4.94. The molecule has 3 N–H and O–H groups in total. The minimum Gasteiger partial charge on any atom is -0.369 e. The van der Waals surface area contributed by atoms with Crippen LogP contribution in [0.15, 0.2) is 24.3 Å². The first kappa shape index (κ1) is 14.9. The molecule has 2 amide bonds. The second-order valence-electron chi connectivity index (χ2n) is 3.68. The number of carbonyl (C=O) groups excluding carboxylic acids is 2. The van der Waals surface area contributed by atoms with Crippen molar-refractivity contribution in [3.8, 4) is 0 Å². The Bertz CT molecular complexity index is 491. The number of nitrogens with two attached hydrogens (primary N) is 1. The first-order chi connectivity index (χ1) is 8.75. The molecule has 1 aromatic rings. The number of benzene rings is 1. The van der Waals surface area contributed by atoms with E-state index in [4.69, 9.17) is 5.73 Å². The second kappa shape index (κ2) is 5.68. The molecule has 0 heterocycles. The molecule has 0 aliphatic carbocycles. The van der Waals surface area contributed by atoms with E-state index < -0.39 is 24.2 Å². The maximum Gasteiger partial charge on any atom is 0.383 e. The number of halogens is 4. The number of amides is 2. The first-order valence-corrected chi connectivity index (χ1v) is 5.08. The number of carbonyl (C=O) groups is 2. The van der Waals surface area contributed by atoms with Gasteiger partial charge in [0.05, 0.1) is 6.42 Å². The number of alkyl halides is 4. The van der Waals surface area contributed by atoms with Gasteiger partial charge >= 0.3 is 18.3 Å². The quantitative estimate of drug-likeness (QED) is 0.802. The van der Waals surface area contributed by atoms with Crippen molar-refractivity contribution < 1.29 is 27.2 Å². The summed E-state index contributed by atoms with van der Waals surface area (Å²) in [6.07, 6.45) is -4.42. The fourth-order valence-electron chi connectivity index (χ4n) is 1.29. The fourth-order valence-corrected chi connectivity index (χ4v) is 1.29. The number of anilines is 1. The van der Waals surface area contributed by atoms with Crippen LogP contribution in [0.4, 0.5) is 23.2 Å². The van der Waals surface area contributed by atoms with Crippen LogP contribution >= 0.6 is 0 Å². The fraction of sp³-hybridized carbons (Fsp3) is 0.273. The van der Waals surface area contributed by atoms with Gasteiger partial charge in [0.15, 0.2) is 0 Å². The van der Waals surface area contributed by atoms with Crippen molar-refractivity contribution in [1.82, 2.24) is 0 Å². The average molecular weight is 278 g/mol. The van der Waals surface area contributed by atoms with Crippen LogP contribution in [0.5, 0.6) is 0 Å². The van der Waals surface area contributed by atoms with E-state index in [0.29, 0.717) is 0 Å². The zero-order valence-electron chi connectivity index (χ0n) is 9.50. The van der Waals surface area contributed by atoms with E-state index in [1.807, 2.05) is 0 Å². The summed E-state index contributed by atoms with van der Waals surface area (Å²) in [4.78, 5) is 21.8. The minimum absolute atomic E-state index is 0.161. The zero-order valence-corrected chi connectivity index (χ0v) is 9.50. The number of para-hydroxylation sites is 1. The van der Waals surface area contributed by atoms with E-state index >= 15 is 0 Å². The van der Waals surface area contributed by atoms with Crippen molar-refractivity contribution in [1.29, 1.82) is 0 Å². The van der Waals surface area contributed by atoms with Crippen molar-refractivity contribution >= 4 is 17.5 Å². The molecule has 104 valence electrons. The van der Waals surface area contributed by atoms with Gasteiger partial charge in [0, 0.05) is 5.69 Å². The summed E-state index contributed by atoms with van der Waals surface area (Å²) < 4.78 is 49.5. The Morgan fingerprint density at radius 1 is 1.26 bits per heavy atom. The second-order valence-corrected chi connectivity index (χ2v) is 3.68. The molecule has 1 aromatic carbocycles. The minimum atomic E-state index is -4.81. The summed E-state index contributed by atoms with van der Waals surface area (Å²) in [5, 5.41) is 1.66. The normalized spacial score (nSPS) is 11.4. The van der Waals surface area contributed by atoms with Gasteiger partial charge in [0.2, 0.25) is 5.91 Å². The van der Waals surface area contributed by atoms with Crippen LogP contribution in [-0.2, 0) is 16.0 Å². The number of primary amides is 1. The van der Waals surface area contributed by atoms with Crippen molar-refractivity contribution in [2.24, 2.45) is 5.73 Å². The highest BCUT2D eigenvalue weighted by molar-refractivity contribution is 5.97. The Kier molecular flexibility index (Phi) is 4.47. The van der Waals surface area contributed by atoms with Crippen molar-refractivity contribution in [2.75, 3.05) is 5.32 Å². The van der Waals surface area contributed by atoms with Gasteiger partial charge in [-0.1, -0.05) is 18.2 Å². The summed E-state index contributed by atoms with van der Waals surface area (Å²) in [6.45, 7) is 0. The Balaban J connectivity index is 2.94. The van der Waals surface area contributed by atoms with Gasteiger partial charge in [0.25, 0.3) is 0 Å². The van der Waals surface area contributed by atoms with Gasteiger partial charge in [-0.05, 0) is 11.6 Å². The molecule has 0 radical (unpaired) electrons. The monoisotopic (exact) mass is 278 g/mol. The Labute approximate surface area is 105 Å². The summed E-state index contributed by atoms with van der Waals surface area (Å²) in [5.74, 6) is -7.69. The molecule has 4 nitrogen and oxygen atoms in total. The topological polar surface area (TPSA) is 72.2 Å². The predicted octanol–water partition coefficient (Wildman–Crippen LogP) is 1.55. The molecule has 19 heavy (non-hydrogen) atoms. The van der Waals surface area contributed by atoms with Crippen molar-refractivity contribution in [3.05, 3.63) is 29.8 Å². The SMILES string of the molecule is NC(=O)Cc1ccccc1NC(=O)C(F)(F)C(F)F. The highest BCUT2D eigenvalue weighted by atomic mass is 19.3. The molecule has 0 unspecified atom stereocenters. The molecule has 8 heteroatoms. The zero-order chi connectivity index (χ0) is 14.6. The smallest absolute Gasteiger partial charge is 0.369 e. The van der Waals surface area contributed by atoms with Crippen LogP contribution in [0.2, 0.25) is 0 Å². The third kappa shape index (κ3) is 3.67. The molecule has 0 fully saturated rings. The Morgan fingerprint density at radius 3 is 2.37 bits per heavy atom. The van der Waals surface area contributed by atoms with Gasteiger partial charge in [-0.3, -0.25) is 9.59 Å². The lowest BCUT2D eigenvalue weighted by molar-refractivity contribution is -0.163. The third-order valence-electron chi connectivity index (χ3n) is 2.21. The van der Waals surface area contributed by atoms with Gasteiger partial charge in [-0.15, -0.1) is 0 Å². The molecular formula is C11H10F4N2O2. The highest BCUT2D eigenvalue weighted by Crippen LogP contribution is 2.25. The molecule has 0 bridgehead atoms. The van der Waals surface area contributed by atoms with Crippen LogP contribution in [-0.4, -0.2) is 24.2 Å². The third-order valence-corrected chi connectivity index (χ3v) is 2.21. The molecule has 0 aliphatic rings. The van der Waals surface area contributed by atoms with E-state index in [-0.39, 0.29) is 17.7 Å². The maximum atomic E-state index is 12.8. The summed E-state index contributed by atoms with van der Waals surface area (Å²) >= 11 is 0. The Hall–Kier alpha value is -2.12. The number of nitrogens with one attached hydrogen (secondary N) is 1. The number of hydrogen-bond acceptors (Lipinski definition) is 2. The molecule has 0 saturated heterocycles. The van der Waals surface area contributed by atoms with Crippen LogP contribution in [0.25, 0.3) is 0 Å². The number of rotatable bonds is 5. The van der Waals surface area contributed by atoms with E-state index in [1.54, 1.807) is 5.32 Å². The van der Waals surface area contributed by atoms with E-state index in [2.05, 4.69) is 0 Å². The van der Waals surface area contributed by atoms with Gasteiger partial charge in [-0.25, -0.2) is 8.78 Å². The van der Waals surface area contributed by atoms with E-state index in [1.165, 1.54) is 24.3 Å². The number of hydrogen-bond donors (Lipinski definition) is 2. The van der Waals surface area contributed by atoms with Crippen LogP contribution < -0.4 is 11.1 Å². The van der Waals surface area contributed by atoms with Crippen molar-refractivity contribution in [2.45, 2.75) is 18.8 Å². The molecule has 0 aliphatic heterocycles. The molecule has 1 rings (SSSR count). The molecule has 0 aromatic heterocycles. The molecule has 0 atom stereocenters. The highest BCUT2D eigenvalue weighted by Gasteiger charge is 2.49. The Morgan fingerprint density at radius 2 is 1.84 bits per heavy atom. The predicted molar refractivity (Wildman–Crippen MR) is 58.9 cm³/mol. The van der Waals surface area contributed by atoms with E-state index in [9.17, 15) is 27.2 Å². The van der Waals surface area contributed by atoms with Crippen LogP contribution in [0, 0.1) is 0 Å². The van der Waals surface area contributed by atoms with Gasteiger partial charge < -0.3 is 11.1 Å². The van der Waals surface area contributed by atoms with Crippen LogP contribution in [0.3, 0.4) is 0 Å². The maximum absolute atomic E-state index is 12.8. The van der Waals surface area contributed by atoms with E-state index in [0.717, 1.165) is 0 Å². The first-order valence-electron chi connectivity index (χ1n) is 5.08. The molecule has 0 saturated carbocycles. The molecule has 0 spiro atoms. The molecular weight excluding hydrogens is 268 g/mol. The largest absolute Gasteiger partial charge is 0.383 e. The van der Waals surface area contributed by atoms with Gasteiger partial charge in [0.1, 0.15) is 0 Å². The summed E-state index contributed by atoms with van der Waals surface area (Å²) in [7, 11) is 0. The lowest BCUT2D eigenvalue weighted by Gasteiger charge is -2.16. The average Bonchev–Trinajstić information content (AvgIpc) is 2.30. The van der Waals surface area contributed by atoms with Crippen LogP contribution in [0.1, 0.15) is 5.56 Å². The summed E-state index contributed by atoms with van der Waals surface area (Å²) in [6, 6.07) is 5.44. The van der Waals surface area contributed by atoms with Crippen molar-refractivity contribution in [3.63, 3.8) is 0 Å². The van der Waals surface area contributed by atoms with Gasteiger partial charge in [-0.2, -0.15) is 8.78 Å². The standard InChI is InChI=1S/C11H10F4N2O2/c12-9(13)11(14,15)10(19)17-7-4-2-1-3-6(7)5-8(16)18/h1-4,9H,5H2,(H2,16,18)(H,17,19). The lowest BCUT2D eigenvalue weighted by Crippen LogP contribution is -2.41. The lowest BCUT2D eigenvalue weighted by atomic mass is 10.1.